The Morgan fingerprint density at radius 3 is 2.65 bits per heavy atom. The second-order valence-electron chi connectivity index (χ2n) is 4.40. The summed E-state index contributed by atoms with van der Waals surface area (Å²) in [5, 5.41) is 13.1. The monoisotopic (exact) mass is 295 g/mol. The van der Waals surface area contributed by atoms with Crippen LogP contribution in [0.15, 0.2) is 18.2 Å². The van der Waals surface area contributed by atoms with Gasteiger partial charge in [0.15, 0.2) is 0 Å². The molecule has 0 aliphatic rings. The van der Waals surface area contributed by atoms with Gasteiger partial charge in [0.25, 0.3) is 0 Å². The Morgan fingerprint density at radius 2 is 2.10 bits per heavy atom. The fraction of sp³-hybridized carbons (Fsp3) is 0.533. The van der Waals surface area contributed by atoms with Crippen LogP contribution in [-0.4, -0.2) is 38.2 Å². The Hall–Kier alpha value is -1.28. The molecule has 0 aliphatic carbocycles. The highest BCUT2D eigenvalue weighted by Gasteiger charge is 2.18. The van der Waals surface area contributed by atoms with Crippen molar-refractivity contribution in [3.8, 4) is 11.8 Å². The van der Waals surface area contributed by atoms with Crippen molar-refractivity contribution in [3.05, 3.63) is 28.8 Å². The molecule has 5 heteroatoms. The number of hydrogen-bond acceptors (Lipinski definition) is 4. The van der Waals surface area contributed by atoms with Gasteiger partial charge in [0.05, 0.1) is 18.2 Å². The molecule has 0 saturated carbocycles. The summed E-state index contributed by atoms with van der Waals surface area (Å²) in [7, 11) is 1.58. The molecule has 1 aromatic carbocycles. The number of benzene rings is 1. The molecular weight excluding hydrogens is 274 g/mol. The first kappa shape index (κ1) is 16.8. The maximum Gasteiger partial charge on any atom is 0.126 e. The van der Waals surface area contributed by atoms with Gasteiger partial charge in [-0.05, 0) is 25.2 Å². The van der Waals surface area contributed by atoms with Gasteiger partial charge in [-0.15, -0.1) is 0 Å². The third-order valence-electron chi connectivity index (χ3n) is 3.32. The molecule has 0 heterocycles. The molecule has 110 valence electrons. The predicted octanol–water partition coefficient (Wildman–Crippen LogP) is 2.84. The number of methoxy groups -OCH3 is 1. The molecule has 1 atom stereocenters. The zero-order valence-electron chi connectivity index (χ0n) is 12.3. The lowest BCUT2D eigenvalue weighted by atomic mass is 10.1. The van der Waals surface area contributed by atoms with Crippen molar-refractivity contribution in [2.24, 2.45) is 0 Å². The molecule has 0 aliphatic heterocycles. The lowest BCUT2D eigenvalue weighted by Gasteiger charge is -2.21. The van der Waals surface area contributed by atoms with Crippen LogP contribution in [0.4, 0.5) is 0 Å². The summed E-state index contributed by atoms with van der Waals surface area (Å²) < 4.78 is 5.29. The minimum Gasteiger partial charge on any atom is -0.496 e. The Kier molecular flexibility index (Phi) is 7.38. The third-order valence-corrected chi connectivity index (χ3v) is 3.65. The van der Waals surface area contributed by atoms with Crippen LogP contribution in [0.25, 0.3) is 0 Å². The minimum absolute atomic E-state index is 0.464. The number of halogens is 1. The number of likely N-dealkylation sites (N-methyl/N-ethyl adjacent to an activating group) is 1. The Bertz CT molecular complexity index is 455. The number of ether oxygens (including phenoxy) is 1. The molecule has 0 amide bonds. The van der Waals surface area contributed by atoms with Crippen molar-refractivity contribution in [3.63, 3.8) is 0 Å². The SMILES string of the molecule is CCN(CC)CCNC(C#N)c1c(Cl)cccc1OC. The molecule has 0 aromatic heterocycles. The number of nitrogens with one attached hydrogen (secondary N) is 1. The van der Waals surface area contributed by atoms with Crippen molar-refractivity contribution < 1.29 is 4.74 Å². The second-order valence-corrected chi connectivity index (χ2v) is 4.81. The van der Waals surface area contributed by atoms with Crippen molar-refractivity contribution in [2.75, 3.05) is 33.3 Å². The second kappa shape index (κ2) is 8.80. The Labute approximate surface area is 126 Å². The summed E-state index contributed by atoms with van der Waals surface area (Å²) in [5.41, 5.74) is 0.707. The standard InChI is InChI=1S/C15H22ClN3O/c1-4-19(5-2)10-9-18-13(11-17)15-12(16)7-6-8-14(15)20-3/h6-8,13,18H,4-5,9-10H2,1-3H3. The van der Waals surface area contributed by atoms with Crippen molar-refractivity contribution >= 4 is 11.6 Å². The van der Waals surface area contributed by atoms with Crippen LogP contribution in [0, 0.1) is 11.3 Å². The van der Waals surface area contributed by atoms with E-state index in [1.165, 1.54) is 0 Å². The summed E-state index contributed by atoms with van der Waals surface area (Å²) in [4.78, 5) is 2.30. The number of nitriles is 1. The largest absolute Gasteiger partial charge is 0.496 e. The quantitative estimate of drug-likeness (QED) is 0.801. The van der Waals surface area contributed by atoms with Crippen LogP contribution in [-0.2, 0) is 0 Å². The molecular formula is C15H22ClN3O. The first-order chi connectivity index (χ1) is 9.67. The van der Waals surface area contributed by atoms with Gasteiger partial charge in [-0.1, -0.05) is 31.5 Å². The van der Waals surface area contributed by atoms with Gasteiger partial charge < -0.3 is 9.64 Å². The molecule has 1 unspecified atom stereocenters. The highest BCUT2D eigenvalue weighted by atomic mass is 35.5. The van der Waals surface area contributed by atoms with E-state index in [9.17, 15) is 5.26 Å². The van der Waals surface area contributed by atoms with Crippen molar-refractivity contribution in [1.29, 1.82) is 5.26 Å². The molecule has 4 nitrogen and oxygen atoms in total. The van der Waals surface area contributed by atoms with Gasteiger partial charge in [0.2, 0.25) is 0 Å². The molecule has 0 fully saturated rings. The van der Waals surface area contributed by atoms with Gasteiger partial charge in [0.1, 0.15) is 11.8 Å². The fourth-order valence-corrected chi connectivity index (χ4v) is 2.37. The topological polar surface area (TPSA) is 48.3 Å². The van der Waals surface area contributed by atoms with Gasteiger partial charge in [0, 0.05) is 18.7 Å². The van der Waals surface area contributed by atoms with Gasteiger partial charge in [-0.3, -0.25) is 5.32 Å². The maximum atomic E-state index is 9.36. The van der Waals surface area contributed by atoms with Crippen molar-refractivity contribution in [2.45, 2.75) is 19.9 Å². The number of rotatable bonds is 8. The summed E-state index contributed by atoms with van der Waals surface area (Å²) in [6.07, 6.45) is 0. The van der Waals surface area contributed by atoms with Crippen LogP contribution >= 0.6 is 11.6 Å². The van der Waals surface area contributed by atoms with E-state index in [2.05, 4.69) is 30.1 Å². The molecule has 0 spiro atoms. The zero-order valence-corrected chi connectivity index (χ0v) is 13.1. The first-order valence-corrected chi connectivity index (χ1v) is 7.23. The van der Waals surface area contributed by atoms with Crippen molar-refractivity contribution in [1.82, 2.24) is 10.2 Å². The number of hydrogen-bond donors (Lipinski definition) is 1. The molecule has 0 radical (unpaired) electrons. The molecule has 1 aromatic rings. The fourth-order valence-electron chi connectivity index (χ4n) is 2.09. The van der Waals surface area contributed by atoms with Crippen LogP contribution in [0.1, 0.15) is 25.5 Å². The van der Waals surface area contributed by atoms with E-state index in [1.807, 2.05) is 12.1 Å². The number of nitrogens with zero attached hydrogens (tertiary/aromatic N) is 2. The smallest absolute Gasteiger partial charge is 0.126 e. The van der Waals surface area contributed by atoms with Crippen LogP contribution in [0.2, 0.25) is 5.02 Å². The molecule has 0 saturated heterocycles. The van der Waals surface area contributed by atoms with E-state index in [0.29, 0.717) is 16.3 Å². The summed E-state index contributed by atoms with van der Waals surface area (Å²) in [5.74, 6) is 0.638. The van der Waals surface area contributed by atoms with E-state index in [-0.39, 0.29) is 0 Å². The summed E-state index contributed by atoms with van der Waals surface area (Å²) in [6.45, 7) is 7.90. The third kappa shape index (κ3) is 4.38. The lowest BCUT2D eigenvalue weighted by Crippen LogP contribution is -2.33. The average molecular weight is 296 g/mol. The minimum atomic E-state index is -0.464. The molecule has 1 rings (SSSR count). The highest BCUT2D eigenvalue weighted by molar-refractivity contribution is 6.31. The van der Waals surface area contributed by atoms with Crippen LogP contribution in [0.5, 0.6) is 5.75 Å². The molecule has 0 bridgehead atoms. The normalized spacial score (nSPS) is 12.2. The highest BCUT2D eigenvalue weighted by Crippen LogP contribution is 2.31. The molecule has 1 N–H and O–H groups in total. The Morgan fingerprint density at radius 1 is 1.40 bits per heavy atom. The first-order valence-electron chi connectivity index (χ1n) is 6.85. The average Bonchev–Trinajstić information content (AvgIpc) is 2.48. The van der Waals surface area contributed by atoms with E-state index in [0.717, 1.165) is 26.2 Å². The predicted molar refractivity (Wildman–Crippen MR) is 82.1 cm³/mol. The van der Waals surface area contributed by atoms with Gasteiger partial charge in [-0.25, -0.2) is 0 Å². The summed E-state index contributed by atoms with van der Waals surface area (Å²) in [6, 6.07) is 7.19. The maximum absolute atomic E-state index is 9.36. The van der Waals surface area contributed by atoms with E-state index in [1.54, 1.807) is 13.2 Å². The molecule has 20 heavy (non-hydrogen) atoms. The zero-order chi connectivity index (χ0) is 15.0. The van der Waals surface area contributed by atoms with E-state index >= 15 is 0 Å². The van der Waals surface area contributed by atoms with Crippen LogP contribution < -0.4 is 10.1 Å². The summed E-state index contributed by atoms with van der Waals surface area (Å²) >= 11 is 6.20. The van der Waals surface area contributed by atoms with Crippen LogP contribution in [0.3, 0.4) is 0 Å². The Balaban J connectivity index is 2.75. The lowest BCUT2D eigenvalue weighted by molar-refractivity contribution is 0.299. The van der Waals surface area contributed by atoms with Gasteiger partial charge in [-0.2, -0.15) is 5.26 Å². The van der Waals surface area contributed by atoms with E-state index in [4.69, 9.17) is 16.3 Å². The van der Waals surface area contributed by atoms with E-state index < -0.39 is 6.04 Å². The van der Waals surface area contributed by atoms with Gasteiger partial charge >= 0.3 is 0 Å².